The molecule has 2 saturated carbocycles. The Morgan fingerprint density at radius 2 is 1.57 bits per heavy atom. The zero-order valence-corrected chi connectivity index (χ0v) is 18.3. The third-order valence-electron chi connectivity index (χ3n) is 7.58. The van der Waals surface area contributed by atoms with Crippen LogP contribution in [-0.2, 0) is 0 Å². The van der Waals surface area contributed by atoms with Crippen LogP contribution in [0.1, 0.15) is 75.3 Å². The molecule has 0 amide bonds. The number of hydrogen-bond acceptors (Lipinski definition) is 0. The van der Waals surface area contributed by atoms with Crippen LogP contribution in [0.15, 0.2) is 48.6 Å². The number of aryl methyl sites for hydroxylation is 1. The number of hydrogen-bond donors (Lipinski definition) is 0. The van der Waals surface area contributed by atoms with Crippen LogP contribution in [0.25, 0.3) is 11.1 Å². The summed E-state index contributed by atoms with van der Waals surface area (Å²) in [5, 5.41) is 0. The van der Waals surface area contributed by atoms with Crippen molar-refractivity contribution in [2.75, 3.05) is 0 Å². The molecular weight excluding hydrogens is 374 g/mol. The summed E-state index contributed by atoms with van der Waals surface area (Å²) in [5.41, 5.74) is 2.66. The smallest absolute Gasteiger partial charge is 0.134 e. The Hall–Kier alpha value is -1.96. The number of fused-ring (bicyclic) bond motifs is 1. The second-order valence-corrected chi connectivity index (χ2v) is 9.58. The minimum atomic E-state index is -0.427. The van der Waals surface area contributed by atoms with Crippen molar-refractivity contribution in [1.82, 2.24) is 0 Å². The molecule has 4 atom stereocenters. The molecule has 30 heavy (non-hydrogen) atoms. The van der Waals surface area contributed by atoms with Crippen molar-refractivity contribution in [3.8, 4) is 11.1 Å². The van der Waals surface area contributed by atoms with E-state index in [0.717, 1.165) is 41.7 Å². The average Bonchev–Trinajstić information content (AvgIpc) is 2.74. The number of halogens is 2. The highest BCUT2D eigenvalue weighted by atomic mass is 19.1. The Morgan fingerprint density at radius 1 is 0.900 bits per heavy atom. The minimum Gasteiger partial charge on any atom is -0.206 e. The van der Waals surface area contributed by atoms with E-state index in [4.69, 9.17) is 0 Å². The molecule has 4 unspecified atom stereocenters. The third kappa shape index (κ3) is 4.68. The van der Waals surface area contributed by atoms with E-state index < -0.39 is 11.6 Å². The standard InChI is InChI=1S/C28H34F2/c1-3-4-5-6-20-9-12-23-16-24(14-13-22(23)15-20)25-17-26(29)28(27(30)18-25)21-10-7-19(2)8-11-21/h3-4,7-8,10-11,17-18,20,22-24H,5-6,9,12-16H2,1-2H3/b4-3+. The molecule has 2 fully saturated rings. The summed E-state index contributed by atoms with van der Waals surface area (Å²) in [6.07, 6.45) is 14.3. The second kappa shape index (κ2) is 9.45. The van der Waals surface area contributed by atoms with Crippen LogP contribution in [0.3, 0.4) is 0 Å². The van der Waals surface area contributed by atoms with Gasteiger partial charge in [0.2, 0.25) is 0 Å². The van der Waals surface area contributed by atoms with Gasteiger partial charge < -0.3 is 0 Å². The minimum absolute atomic E-state index is 0.106. The van der Waals surface area contributed by atoms with Crippen LogP contribution in [-0.4, -0.2) is 0 Å². The monoisotopic (exact) mass is 408 g/mol. The van der Waals surface area contributed by atoms with E-state index >= 15 is 0 Å². The molecule has 0 spiro atoms. The first-order chi connectivity index (χ1) is 14.5. The van der Waals surface area contributed by atoms with Crippen molar-refractivity contribution < 1.29 is 8.78 Å². The quantitative estimate of drug-likeness (QED) is 0.434. The van der Waals surface area contributed by atoms with E-state index in [9.17, 15) is 8.78 Å². The number of allylic oxidation sites excluding steroid dienone is 2. The van der Waals surface area contributed by atoms with E-state index in [-0.39, 0.29) is 5.56 Å². The van der Waals surface area contributed by atoms with E-state index in [1.54, 1.807) is 24.3 Å². The molecule has 2 aromatic rings. The Morgan fingerprint density at radius 3 is 2.27 bits per heavy atom. The van der Waals surface area contributed by atoms with Gasteiger partial charge in [-0.25, -0.2) is 8.78 Å². The fourth-order valence-corrected chi connectivity index (χ4v) is 5.87. The summed E-state index contributed by atoms with van der Waals surface area (Å²) >= 11 is 0. The maximum atomic E-state index is 14.9. The molecule has 2 aliphatic rings. The molecule has 2 aliphatic carbocycles. The first-order valence-corrected chi connectivity index (χ1v) is 11.7. The van der Waals surface area contributed by atoms with Crippen LogP contribution in [0.2, 0.25) is 0 Å². The molecule has 2 aromatic carbocycles. The van der Waals surface area contributed by atoms with Gasteiger partial charge in [-0.3, -0.25) is 0 Å². The highest BCUT2D eigenvalue weighted by molar-refractivity contribution is 5.65. The lowest BCUT2D eigenvalue weighted by Crippen LogP contribution is -2.30. The van der Waals surface area contributed by atoms with Gasteiger partial charge in [-0.2, -0.15) is 0 Å². The molecule has 0 bridgehead atoms. The largest absolute Gasteiger partial charge is 0.206 e. The molecule has 0 heterocycles. The Balaban J connectivity index is 1.44. The first kappa shape index (κ1) is 21.3. The van der Waals surface area contributed by atoms with Crippen LogP contribution >= 0.6 is 0 Å². The normalized spacial score (nSPS) is 26.7. The highest BCUT2D eigenvalue weighted by Gasteiger charge is 2.36. The van der Waals surface area contributed by atoms with Gasteiger partial charge in [0.1, 0.15) is 11.6 Å². The summed E-state index contributed by atoms with van der Waals surface area (Å²) in [6.45, 7) is 4.07. The highest BCUT2D eigenvalue weighted by Crippen LogP contribution is 2.48. The van der Waals surface area contributed by atoms with Crippen molar-refractivity contribution in [3.05, 3.63) is 71.3 Å². The predicted molar refractivity (Wildman–Crippen MR) is 121 cm³/mol. The summed E-state index contributed by atoms with van der Waals surface area (Å²) in [4.78, 5) is 0. The Kier molecular flexibility index (Phi) is 6.71. The fraction of sp³-hybridized carbons (Fsp3) is 0.500. The van der Waals surface area contributed by atoms with Crippen molar-refractivity contribution >= 4 is 0 Å². The van der Waals surface area contributed by atoms with Crippen molar-refractivity contribution in [2.24, 2.45) is 17.8 Å². The summed E-state index contributed by atoms with van der Waals surface area (Å²) in [7, 11) is 0. The lowest BCUT2D eigenvalue weighted by atomic mass is 9.63. The van der Waals surface area contributed by atoms with Crippen molar-refractivity contribution in [3.63, 3.8) is 0 Å². The topological polar surface area (TPSA) is 0 Å². The Bertz CT molecular complexity index is 857. The van der Waals surface area contributed by atoms with Crippen LogP contribution in [0, 0.1) is 36.3 Å². The van der Waals surface area contributed by atoms with Gasteiger partial charge in [0.25, 0.3) is 0 Å². The van der Waals surface area contributed by atoms with Crippen LogP contribution < -0.4 is 0 Å². The lowest BCUT2D eigenvalue weighted by molar-refractivity contribution is 0.115. The SMILES string of the molecule is C/C=C/CCC1CCC2CC(c3cc(F)c(-c4ccc(C)cc4)c(F)c3)CCC2C1. The molecule has 0 radical (unpaired) electrons. The van der Waals surface area contributed by atoms with E-state index in [0.29, 0.717) is 11.5 Å². The second-order valence-electron chi connectivity index (χ2n) is 9.58. The number of rotatable bonds is 5. The summed E-state index contributed by atoms with van der Waals surface area (Å²) in [6, 6.07) is 10.6. The molecule has 0 N–H and O–H groups in total. The average molecular weight is 409 g/mol. The molecule has 0 aromatic heterocycles. The lowest BCUT2D eigenvalue weighted by Gasteiger charge is -2.42. The molecule has 160 valence electrons. The molecule has 0 aliphatic heterocycles. The van der Waals surface area contributed by atoms with Gasteiger partial charge in [0.05, 0.1) is 5.56 Å². The van der Waals surface area contributed by atoms with Gasteiger partial charge in [-0.15, -0.1) is 0 Å². The fourth-order valence-electron chi connectivity index (χ4n) is 5.87. The summed E-state index contributed by atoms with van der Waals surface area (Å²) in [5.74, 6) is 1.84. The van der Waals surface area contributed by atoms with Gasteiger partial charge in [0.15, 0.2) is 0 Å². The van der Waals surface area contributed by atoms with Crippen molar-refractivity contribution in [2.45, 2.75) is 71.1 Å². The van der Waals surface area contributed by atoms with Gasteiger partial charge in [0, 0.05) is 0 Å². The van der Waals surface area contributed by atoms with E-state index in [1.807, 2.05) is 19.1 Å². The van der Waals surface area contributed by atoms with Gasteiger partial charge >= 0.3 is 0 Å². The Labute approximate surface area is 180 Å². The predicted octanol–water partition coefficient (Wildman–Crippen LogP) is 8.60. The molecule has 0 saturated heterocycles. The zero-order chi connectivity index (χ0) is 21.1. The molecule has 4 rings (SSSR count). The number of benzene rings is 2. The molecule has 0 nitrogen and oxygen atoms in total. The van der Waals surface area contributed by atoms with Crippen molar-refractivity contribution in [1.29, 1.82) is 0 Å². The van der Waals surface area contributed by atoms with E-state index in [1.165, 1.54) is 38.5 Å². The van der Waals surface area contributed by atoms with Gasteiger partial charge in [-0.05, 0) is 106 Å². The summed E-state index contributed by atoms with van der Waals surface area (Å²) < 4.78 is 29.9. The molecule has 2 heteroatoms. The maximum absolute atomic E-state index is 14.9. The first-order valence-electron chi connectivity index (χ1n) is 11.7. The van der Waals surface area contributed by atoms with E-state index in [2.05, 4.69) is 19.1 Å². The third-order valence-corrected chi connectivity index (χ3v) is 7.58. The van der Waals surface area contributed by atoms with Crippen LogP contribution in [0.4, 0.5) is 8.78 Å². The zero-order valence-electron chi connectivity index (χ0n) is 18.3. The maximum Gasteiger partial charge on any atom is 0.134 e. The van der Waals surface area contributed by atoms with Crippen LogP contribution in [0.5, 0.6) is 0 Å². The van der Waals surface area contributed by atoms with Gasteiger partial charge in [-0.1, -0.05) is 48.4 Å². The molecular formula is C28H34F2.